The van der Waals surface area contributed by atoms with Crippen LogP contribution in [0.5, 0.6) is 0 Å². The maximum Gasteiger partial charge on any atom is 0.187 e. The third-order valence-corrected chi connectivity index (χ3v) is 4.95. The van der Waals surface area contributed by atoms with Crippen molar-refractivity contribution < 1.29 is 0 Å². The fraction of sp³-hybridized carbons (Fsp3) is 0.316. The van der Waals surface area contributed by atoms with Crippen LogP contribution in [0.15, 0.2) is 53.3 Å². The summed E-state index contributed by atoms with van der Waals surface area (Å²) in [5, 5.41) is 29.3. The van der Waals surface area contributed by atoms with Crippen LogP contribution in [0.3, 0.4) is 0 Å². The summed E-state index contributed by atoms with van der Waals surface area (Å²) in [6, 6.07) is 15.9. The van der Waals surface area contributed by atoms with Gasteiger partial charge in [-0.3, -0.25) is 0 Å². The molecule has 0 aliphatic heterocycles. The van der Waals surface area contributed by atoms with E-state index in [-0.39, 0.29) is 17.4 Å². The molecule has 4 heteroatoms. The monoisotopic (exact) mass is 300 g/mol. The molecule has 0 fully saturated rings. The van der Waals surface area contributed by atoms with Crippen LogP contribution in [0.2, 0.25) is 0 Å². The zero-order valence-corrected chi connectivity index (χ0v) is 12.7. The summed E-state index contributed by atoms with van der Waals surface area (Å²) in [6.07, 6.45) is 4.85. The second-order valence-electron chi connectivity index (χ2n) is 6.02. The summed E-state index contributed by atoms with van der Waals surface area (Å²) in [7, 11) is 0. The molecule has 0 bridgehead atoms. The molecule has 4 nitrogen and oxygen atoms in total. The Morgan fingerprint density at radius 2 is 1.78 bits per heavy atom. The molecular formula is C19H16N4. The van der Waals surface area contributed by atoms with Crippen LogP contribution in [-0.4, -0.2) is 0 Å². The summed E-state index contributed by atoms with van der Waals surface area (Å²) >= 11 is 0. The van der Waals surface area contributed by atoms with Gasteiger partial charge in [0, 0.05) is 5.92 Å². The molecule has 1 aromatic carbocycles. The average Bonchev–Trinajstić information content (AvgIpc) is 2.62. The van der Waals surface area contributed by atoms with E-state index in [4.69, 9.17) is 5.73 Å². The van der Waals surface area contributed by atoms with Gasteiger partial charge in [-0.2, -0.15) is 15.8 Å². The van der Waals surface area contributed by atoms with Crippen molar-refractivity contribution in [2.75, 3.05) is 0 Å². The van der Waals surface area contributed by atoms with Crippen molar-refractivity contribution in [3.63, 3.8) is 0 Å². The average molecular weight is 300 g/mol. The van der Waals surface area contributed by atoms with Crippen LogP contribution in [0.4, 0.5) is 0 Å². The number of nitrogens with two attached hydrogens (primary N) is 1. The molecule has 2 aliphatic carbocycles. The fourth-order valence-electron chi connectivity index (χ4n) is 3.94. The third kappa shape index (κ3) is 2.02. The highest BCUT2D eigenvalue weighted by Crippen LogP contribution is 2.55. The van der Waals surface area contributed by atoms with Crippen LogP contribution in [0, 0.1) is 45.3 Å². The molecule has 0 aromatic heterocycles. The molecule has 0 saturated heterocycles. The summed E-state index contributed by atoms with van der Waals surface area (Å²) in [6.45, 7) is 0. The lowest BCUT2D eigenvalue weighted by atomic mass is 9.56. The van der Waals surface area contributed by atoms with E-state index in [1.807, 2.05) is 36.4 Å². The first-order chi connectivity index (χ1) is 11.2. The molecule has 0 radical (unpaired) electrons. The second kappa shape index (κ2) is 5.64. The molecule has 2 aliphatic rings. The zero-order chi connectivity index (χ0) is 16.4. The molecule has 0 heterocycles. The first-order valence-corrected chi connectivity index (χ1v) is 7.67. The van der Waals surface area contributed by atoms with E-state index in [9.17, 15) is 15.8 Å². The second-order valence-corrected chi connectivity index (χ2v) is 6.02. The number of hydrogen-bond acceptors (Lipinski definition) is 4. The highest BCUT2D eigenvalue weighted by atomic mass is 14.7. The largest absolute Gasteiger partial charge is 0.398 e. The van der Waals surface area contributed by atoms with Gasteiger partial charge in [-0.15, -0.1) is 0 Å². The van der Waals surface area contributed by atoms with Gasteiger partial charge < -0.3 is 5.73 Å². The number of hydrogen-bond donors (Lipinski definition) is 1. The predicted molar refractivity (Wildman–Crippen MR) is 85.1 cm³/mol. The van der Waals surface area contributed by atoms with Crippen molar-refractivity contribution in [3.05, 3.63) is 58.8 Å². The van der Waals surface area contributed by atoms with Crippen LogP contribution in [0.25, 0.3) is 0 Å². The number of allylic oxidation sites excluding steroid dienone is 3. The Morgan fingerprint density at radius 1 is 1.09 bits per heavy atom. The third-order valence-electron chi connectivity index (χ3n) is 4.95. The van der Waals surface area contributed by atoms with Crippen LogP contribution >= 0.6 is 0 Å². The van der Waals surface area contributed by atoms with E-state index in [1.165, 1.54) is 0 Å². The lowest BCUT2D eigenvalue weighted by Gasteiger charge is -2.43. The summed E-state index contributed by atoms with van der Waals surface area (Å²) in [5.74, 6) is -0.366. The minimum atomic E-state index is -1.53. The lowest BCUT2D eigenvalue weighted by molar-refractivity contribution is 0.322. The van der Waals surface area contributed by atoms with E-state index in [1.54, 1.807) is 0 Å². The normalized spacial score (nSPS) is 25.3. The van der Waals surface area contributed by atoms with Gasteiger partial charge in [-0.25, -0.2) is 0 Å². The van der Waals surface area contributed by atoms with Gasteiger partial charge >= 0.3 is 0 Å². The van der Waals surface area contributed by atoms with Crippen LogP contribution in [0.1, 0.15) is 30.7 Å². The Bertz CT molecular complexity index is 798. The Balaban J connectivity index is 2.34. The Kier molecular flexibility index (Phi) is 3.65. The maximum absolute atomic E-state index is 9.85. The molecule has 0 spiro atoms. The minimum Gasteiger partial charge on any atom is -0.398 e. The van der Waals surface area contributed by atoms with E-state index in [0.29, 0.717) is 5.70 Å². The Labute approximate surface area is 135 Å². The topological polar surface area (TPSA) is 97.4 Å². The van der Waals surface area contributed by atoms with E-state index in [0.717, 1.165) is 30.4 Å². The van der Waals surface area contributed by atoms with Gasteiger partial charge in [0.2, 0.25) is 0 Å². The smallest absolute Gasteiger partial charge is 0.187 e. The van der Waals surface area contributed by atoms with Crippen molar-refractivity contribution in [2.24, 2.45) is 17.1 Å². The molecule has 112 valence electrons. The molecule has 2 N–H and O–H groups in total. The molecule has 3 rings (SSSR count). The van der Waals surface area contributed by atoms with Crippen molar-refractivity contribution in [2.45, 2.75) is 25.2 Å². The molecule has 2 atom stereocenters. The van der Waals surface area contributed by atoms with E-state index >= 15 is 0 Å². The van der Waals surface area contributed by atoms with Gasteiger partial charge in [-0.1, -0.05) is 36.4 Å². The number of benzene rings is 1. The van der Waals surface area contributed by atoms with Gasteiger partial charge in [0.15, 0.2) is 5.41 Å². The Hall–Kier alpha value is -3.03. The molecule has 0 unspecified atom stereocenters. The quantitative estimate of drug-likeness (QED) is 0.860. The number of fused-ring (bicyclic) bond motifs is 1. The predicted octanol–water partition coefficient (Wildman–Crippen LogP) is 3.28. The molecule has 1 aromatic rings. The summed E-state index contributed by atoms with van der Waals surface area (Å²) in [4.78, 5) is 0. The maximum atomic E-state index is 9.85. The van der Waals surface area contributed by atoms with Crippen molar-refractivity contribution in [1.82, 2.24) is 0 Å². The van der Waals surface area contributed by atoms with Crippen molar-refractivity contribution in [1.29, 1.82) is 15.8 Å². The van der Waals surface area contributed by atoms with Gasteiger partial charge in [0.25, 0.3) is 0 Å². The molecule has 0 amide bonds. The standard InChI is InChI=1S/C19H16N4/c20-10-16-18(23)15-9-5-4-8-14(15)17(19(16,11-21)12-22)13-6-2-1-3-7-13/h1-3,6-7,9,14,17H,4-5,8,23H2/t14-,17+/m0/s1. The zero-order valence-electron chi connectivity index (χ0n) is 12.7. The van der Waals surface area contributed by atoms with Gasteiger partial charge in [-0.05, 0) is 36.3 Å². The number of nitrogens with zero attached hydrogens (tertiary/aromatic N) is 3. The summed E-state index contributed by atoms with van der Waals surface area (Å²) in [5.41, 5.74) is 6.94. The first-order valence-electron chi connectivity index (χ1n) is 7.67. The number of rotatable bonds is 1. The minimum absolute atomic E-state index is 0.00236. The van der Waals surface area contributed by atoms with Gasteiger partial charge in [0.05, 0.1) is 29.5 Å². The highest BCUT2D eigenvalue weighted by Gasteiger charge is 2.54. The lowest BCUT2D eigenvalue weighted by Crippen LogP contribution is -2.41. The van der Waals surface area contributed by atoms with Crippen molar-refractivity contribution in [3.8, 4) is 18.2 Å². The van der Waals surface area contributed by atoms with Gasteiger partial charge in [0.1, 0.15) is 0 Å². The molecule has 0 saturated carbocycles. The first kappa shape index (κ1) is 14.9. The van der Waals surface area contributed by atoms with Crippen LogP contribution in [-0.2, 0) is 0 Å². The SMILES string of the molecule is N#CC1=C(N)C2=CCCC[C@@H]2[C@@H](c2ccccc2)C1(C#N)C#N. The summed E-state index contributed by atoms with van der Waals surface area (Å²) < 4.78 is 0. The van der Waals surface area contributed by atoms with E-state index in [2.05, 4.69) is 18.2 Å². The fourth-order valence-corrected chi connectivity index (χ4v) is 3.94. The van der Waals surface area contributed by atoms with Crippen molar-refractivity contribution >= 4 is 0 Å². The molecular weight excluding hydrogens is 284 g/mol. The number of nitriles is 3. The molecule has 23 heavy (non-hydrogen) atoms. The van der Waals surface area contributed by atoms with Crippen LogP contribution < -0.4 is 5.73 Å². The highest BCUT2D eigenvalue weighted by molar-refractivity contribution is 5.58. The Morgan fingerprint density at radius 3 is 2.39 bits per heavy atom. The van der Waals surface area contributed by atoms with E-state index < -0.39 is 5.41 Å².